The minimum atomic E-state index is -4.04. The van der Waals surface area contributed by atoms with E-state index in [9.17, 15) is 13.2 Å². The highest BCUT2D eigenvalue weighted by atomic mass is 19.4. The van der Waals surface area contributed by atoms with Gasteiger partial charge in [-0.15, -0.1) is 0 Å². The molecule has 1 saturated carbocycles. The third-order valence-electron chi connectivity index (χ3n) is 3.50. The van der Waals surface area contributed by atoms with Gasteiger partial charge in [0, 0.05) is 6.04 Å². The van der Waals surface area contributed by atoms with Crippen molar-refractivity contribution in [3.8, 4) is 0 Å². The van der Waals surface area contributed by atoms with Crippen molar-refractivity contribution < 1.29 is 13.2 Å². The van der Waals surface area contributed by atoms with E-state index in [1.165, 1.54) is 19.3 Å². The third-order valence-corrected chi connectivity index (χ3v) is 3.50. The van der Waals surface area contributed by atoms with E-state index in [2.05, 4.69) is 5.32 Å². The van der Waals surface area contributed by atoms with Crippen molar-refractivity contribution in [2.45, 2.75) is 70.5 Å². The van der Waals surface area contributed by atoms with Crippen LogP contribution in [0.25, 0.3) is 0 Å². The highest BCUT2D eigenvalue weighted by Gasteiger charge is 2.32. The molecule has 0 spiro atoms. The first-order chi connectivity index (χ1) is 8.01. The van der Waals surface area contributed by atoms with Crippen LogP contribution >= 0.6 is 0 Å². The lowest BCUT2D eigenvalue weighted by Crippen LogP contribution is -2.36. The summed E-state index contributed by atoms with van der Waals surface area (Å²) in [5.41, 5.74) is 0. The summed E-state index contributed by atoms with van der Waals surface area (Å²) in [6.07, 6.45) is 2.73. The number of rotatable bonds is 6. The van der Waals surface area contributed by atoms with Gasteiger partial charge in [-0.1, -0.05) is 39.0 Å². The fourth-order valence-electron chi connectivity index (χ4n) is 2.69. The van der Waals surface area contributed by atoms with E-state index >= 15 is 0 Å². The molecule has 1 rings (SSSR count). The molecule has 0 aliphatic heterocycles. The first kappa shape index (κ1) is 14.8. The fourth-order valence-corrected chi connectivity index (χ4v) is 2.69. The quantitative estimate of drug-likeness (QED) is 0.743. The van der Waals surface area contributed by atoms with Gasteiger partial charge in [0.2, 0.25) is 0 Å². The first-order valence-electron chi connectivity index (χ1n) is 6.81. The Bertz CT molecular complexity index is 197. The maximum absolute atomic E-state index is 12.4. The summed E-state index contributed by atoms with van der Waals surface area (Å²) in [4.78, 5) is 0. The molecular weight excluding hydrogens is 227 g/mol. The molecule has 17 heavy (non-hydrogen) atoms. The van der Waals surface area contributed by atoms with E-state index in [1.54, 1.807) is 0 Å². The Kier molecular flexibility index (Phi) is 6.31. The third kappa shape index (κ3) is 6.92. The van der Waals surface area contributed by atoms with Gasteiger partial charge in [-0.2, -0.15) is 13.2 Å². The highest BCUT2D eigenvalue weighted by Crippen LogP contribution is 2.30. The molecule has 1 unspecified atom stereocenters. The number of hydrogen-bond donors (Lipinski definition) is 1. The molecule has 1 nitrogen and oxygen atoms in total. The lowest BCUT2D eigenvalue weighted by Gasteiger charge is -2.27. The predicted octanol–water partition coefficient (Wildman–Crippen LogP) is 4.28. The van der Waals surface area contributed by atoms with Crippen LogP contribution in [0.3, 0.4) is 0 Å². The zero-order chi connectivity index (χ0) is 12.7. The topological polar surface area (TPSA) is 12.0 Å². The van der Waals surface area contributed by atoms with Crippen LogP contribution in [-0.2, 0) is 0 Å². The average Bonchev–Trinajstić information content (AvgIpc) is 2.25. The van der Waals surface area contributed by atoms with Crippen molar-refractivity contribution >= 4 is 0 Å². The second-order valence-electron chi connectivity index (χ2n) is 5.21. The van der Waals surface area contributed by atoms with Crippen molar-refractivity contribution in [2.75, 3.05) is 6.54 Å². The molecule has 0 bridgehead atoms. The summed E-state index contributed by atoms with van der Waals surface area (Å²) in [5.74, 6) is 0.500. The van der Waals surface area contributed by atoms with Gasteiger partial charge >= 0.3 is 6.18 Å². The summed E-state index contributed by atoms with van der Waals surface area (Å²) in [6, 6.07) is -0.377. The van der Waals surface area contributed by atoms with E-state index in [-0.39, 0.29) is 6.04 Å². The van der Waals surface area contributed by atoms with Gasteiger partial charge in [-0.3, -0.25) is 0 Å². The van der Waals surface area contributed by atoms with Crippen molar-refractivity contribution in [1.82, 2.24) is 5.32 Å². The summed E-state index contributed by atoms with van der Waals surface area (Å²) >= 11 is 0. The summed E-state index contributed by atoms with van der Waals surface area (Å²) < 4.78 is 37.3. The molecule has 0 saturated heterocycles. The van der Waals surface area contributed by atoms with Crippen molar-refractivity contribution in [3.05, 3.63) is 0 Å². The molecule has 0 aromatic rings. The van der Waals surface area contributed by atoms with E-state index < -0.39 is 12.6 Å². The lowest BCUT2D eigenvalue weighted by molar-refractivity contribution is -0.141. The number of hydrogen-bond acceptors (Lipinski definition) is 1. The Morgan fingerprint density at radius 3 is 2.35 bits per heavy atom. The molecular formula is C13H24F3N. The smallest absolute Gasteiger partial charge is 0.314 e. The Balaban J connectivity index is 2.38. The zero-order valence-corrected chi connectivity index (χ0v) is 10.7. The molecule has 1 fully saturated rings. The van der Waals surface area contributed by atoms with Crippen LogP contribution in [0, 0.1) is 5.92 Å². The van der Waals surface area contributed by atoms with E-state index in [4.69, 9.17) is 0 Å². The van der Waals surface area contributed by atoms with Gasteiger partial charge in [-0.05, 0) is 25.3 Å². The largest absolute Gasteiger partial charge is 0.390 e. The van der Waals surface area contributed by atoms with Gasteiger partial charge in [0.25, 0.3) is 0 Å². The standard InChI is InChI=1S/C13H24F3N/c1-2-8-17-12(10-13(14,15)16)9-11-6-4-3-5-7-11/h11-12,17H,2-10H2,1H3. The van der Waals surface area contributed by atoms with Crippen molar-refractivity contribution in [3.63, 3.8) is 0 Å². The minimum Gasteiger partial charge on any atom is -0.314 e. The van der Waals surface area contributed by atoms with Crippen LogP contribution in [0.1, 0.15) is 58.3 Å². The van der Waals surface area contributed by atoms with Crippen LogP contribution < -0.4 is 5.32 Å². The van der Waals surface area contributed by atoms with Crippen molar-refractivity contribution in [1.29, 1.82) is 0 Å². The normalized spacial score (nSPS) is 20.5. The molecule has 1 N–H and O–H groups in total. The SMILES string of the molecule is CCCNC(CC1CCCCC1)CC(F)(F)F. The zero-order valence-electron chi connectivity index (χ0n) is 10.7. The number of halogens is 3. The van der Waals surface area contributed by atoms with Gasteiger partial charge in [0.1, 0.15) is 0 Å². The molecule has 102 valence electrons. The number of alkyl halides is 3. The van der Waals surface area contributed by atoms with Crippen LogP contribution in [-0.4, -0.2) is 18.8 Å². The van der Waals surface area contributed by atoms with Crippen LogP contribution in [0.15, 0.2) is 0 Å². The maximum atomic E-state index is 12.4. The monoisotopic (exact) mass is 251 g/mol. The molecule has 0 amide bonds. The maximum Gasteiger partial charge on any atom is 0.390 e. The van der Waals surface area contributed by atoms with Crippen molar-refractivity contribution in [2.24, 2.45) is 5.92 Å². The second kappa shape index (κ2) is 7.24. The van der Waals surface area contributed by atoms with Crippen LogP contribution in [0.4, 0.5) is 13.2 Å². The molecule has 0 aromatic carbocycles. The Labute approximate surface area is 102 Å². The summed E-state index contributed by atoms with van der Waals surface area (Å²) in [6.45, 7) is 2.67. The highest BCUT2D eigenvalue weighted by molar-refractivity contribution is 4.77. The molecule has 1 aliphatic carbocycles. The summed E-state index contributed by atoms with van der Waals surface area (Å²) in [5, 5.41) is 3.05. The predicted molar refractivity (Wildman–Crippen MR) is 63.9 cm³/mol. The number of nitrogens with one attached hydrogen (secondary N) is 1. The molecule has 4 heteroatoms. The molecule has 0 radical (unpaired) electrons. The Hall–Kier alpha value is -0.250. The minimum absolute atomic E-state index is 0.377. The molecule has 1 aliphatic rings. The van der Waals surface area contributed by atoms with E-state index in [0.717, 1.165) is 19.3 Å². The molecule has 0 aromatic heterocycles. The van der Waals surface area contributed by atoms with Crippen LogP contribution in [0.5, 0.6) is 0 Å². The van der Waals surface area contributed by atoms with E-state index in [0.29, 0.717) is 18.9 Å². The van der Waals surface area contributed by atoms with Crippen LogP contribution in [0.2, 0.25) is 0 Å². The molecule has 0 heterocycles. The fraction of sp³-hybridized carbons (Fsp3) is 1.00. The Morgan fingerprint density at radius 2 is 1.82 bits per heavy atom. The average molecular weight is 251 g/mol. The van der Waals surface area contributed by atoms with E-state index in [1.807, 2.05) is 6.92 Å². The van der Waals surface area contributed by atoms with Gasteiger partial charge in [-0.25, -0.2) is 0 Å². The first-order valence-corrected chi connectivity index (χ1v) is 6.81. The van der Waals surface area contributed by atoms with Gasteiger partial charge < -0.3 is 5.32 Å². The Morgan fingerprint density at radius 1 is 1.18 bits per heavy atom. The lowest BCUT2D eigenvalue weighted by atomic mass is 9.84. The summed E-state index contributed by atoms with van der Waals surface area (Å²) in [7, 11) is 0. The second-order valence-corrected chi connectivity index (χ2v) is 5.21. The van der Waals surface area contributed by atoms with Gasteiger partial charge in [0.15, 0.2) is 0 Å². The van der Waals surface area contributed by atoms with Gasteiger partial charge in [0.05, 0.1) is 6.42 Å². The molecule has 1 atom stereocenters.